The van der Waals surface area contributed by atoms with E-state index in [1.165, 1.54) is 26.4 Å². The summed E-state index contributed by atoms with van der Waals surface area (Å²) in [4.78, 5) is 114. The maximum absolute atomic E-state index is 14.6. The van der Waals surface area contributed by atoms with Gasteiger partial charge in [-0.15, -0.1) is 0 Å². The molecule has 23 heteroatoms. The van der Waals surface area contributed by atoms with E-state index in [9.17, 15) is 62.8 Å². The highest BCUT2D eigenvalue weighted by Gasteiger charge is 2.53. The smallest absolute Gasteiger partial charge is 0.460 e. The van der Waals surface area contributed by atoms with E-state index in [-0.39, 0.29) is 60.3 Å². The Labute approximate surface area is 481 Å². The van der Waals surface area contributed by atoms with E-state index < -0.39 is 123 Å². The minimum Gasteiger partial charge on any atom is -0.460 e. The van der Waals surface area contributed by atoms with Crippen LogP contribution in [-0.4, -0.2) is 154 Å². The number of piperidine rings is 1. The fraction of sp³-hybridized carbons (Fsp3) is 0.661. The van der Waals surface area contributed by atoms with Crippen molar-refractivity contribution in [2.45, 2.75) is 180 Å². The van der Waals surface area contributed by atoms with Gasteiger partial charge >= 0.3 is 19.7 Å². The highest BCUT2D eigenvalue weighted by molar-refractivity contribution is 7.77. The number of rotatable bonds is 11. The number of allylic oxidation sites excluding steroid dienone is 6. The molecule has 16 atom stereocenters. The number of aliphatic hydroxyl groups excluding tert-OH is 1. The van der Waals surface area contributed by atoms with Crippen molar-refractivity contribution in [2.24, 2.45) is 35.5 Å². The quantitative estimate of drug-likeness (QED) is 0.0473. The lowest BCUT2D eigenvalue weighted by atomic mass is 9.78. The second-order valence-corrected chi connectivity index (χ2v) is 27.4. The Morgan fingerprint density at radius 3 is 2.17 bits per heavy atom. The summed E-state index contributed by atoms with van der Waals surface area (Å²) in [5.41, 5.74) is 1.16. The summed E-state index contributed by atoms with van der Waals surface area (Å²) in [5.74, 6) is -10.4. The third kappa shape index (κ3) is 18.7. The van der Waals surface area contributed by atoms with Gasteiger partial charge in [0.15, 0.2) is 5.78 Å². The van der Waals surface area contributed by atoms with Crippen molar-refractivity contribution in [3.63, 3.8) is 0 Å². The number of ketones is 3. The normalized spacial score (nSPS) is 35.3. The fourth-order valence-corrected chi connectivity index (χ4v) is 14.8. The number of nitrogens with zero attached hydrogens (tertiary/aromatic N) is 1. The molecule has 0 radical (unpaired) electrons. The van der Waals surface area contributed by atoms with E-state index in [1.807, 2.05) is 51.2 Å². The van der Waals surface area contributed by atoms with Gasteiger partial charge in [-0.2, -0.15) is 0 Å². The number of carbonyl (C=O) groups excluding carboxylic acids is 6. The maximum atomic E-state index is 14.6. The van der Waals surface area contributed by atoms with Crippen molar-refractivity contribution in [3.05, 3.63) is 71.9 Å². The molecule has 2 bridgehead atoms. The van der Waals surface area contributed by atoms with E-state index in [0.717, 1.165) is 22.6 Å². The molecule has 1 aromatic carbocycles. The Balaban J connectivity index is 1.40. The first-order valence-corrected chi connectivity index (χ1v) is 32.0. The summed E-state index contributed by atoms with van der Waals surface area (Å²) in [7, 11) is -4.88. The van der Waals surface area contributed by atoms with Crippen LogP contribution >= 0.6 is 15.0 Å². The van der Waals surface area contributed by atoms with Crippen molar-refractivity contribution < 1.29 is 95.9 Å². The van der Waals surface area contributed by atoms with Crippen LogP contribution in [0, 0.1) is 35.5 Å². The van der Waals surface area contributed by atoms with Crippen LogP contribution in [0.15, 0.2) is 71.9 Å². The second kappa shape index (κ2) is 30.5. The largest absolute Gasteiger partial charge is 0.514 e. The molecule has 21 nitrogen and oxygen atoms in total. The van der Waals surface area contributed by atoms with E-state index in [0.29, 0.717) is 63.4 Å². The zero-order valence-electron chi connectivity index (χ0n) is 49.0. The molecule has 458 valence electrons. The summed E-state index contributed by atoms with van der Waals surface area (Å²) < 4.78 is 64.6. The summed E-state index contributed by atoms with van der Waals surface area (Å²) in [5, 5.41) is 23.3. The number of benzene rings is 1. The Kier molecular flexibility index (Phi) is 25.4. The molecule has 1 unspecified atom stereocenters. The van der Waals surface area contributed by atoms with Crippen molar-refractivity contribution in [1.82, 2.24) is 4.90 Å². The standard InChI is InChI=1S/C59H87NO20P2/c1-35-16-12-11-13-17-36(2)49(74-8)32-44-21-19-41(7)59(68,80-44)55(64)56(65)60-27-15-14-18-46(60)57(66)78-50(33-47(61)37(3)29-40(6)53(63)54(76-10)52(62)39(5)28-35)38(4)30-42-20-26-48(51(31-42)75-9)79-58(67)77-43-22-24-45(25-23-43)81(69,70)34-82(71,72)73/h11-13,16-17,22-25,29,35,37-39,41-42,44,46,48-51,53-54,63,68H,14-15,18-21,26-28,30-34H2,1-10H3,(H,69,70)(H2,71,72,73)/b13-11+,16-12-,36-17+,40-29+/t35-,37-,38-,39-,41-,42-,44+,46+,48-,49+,50+,51-,53-,54+,59-/m1/s1. The van der Waals surface area contributed by atoms with Crippen LogP contribution in [0.4, 0.5) is 4.79 Å². The van der Waals surface area contributed by atoms with E-state index in [1.54, 1.807) is 40.9 Å². The Morgan fingerprint density at radius 1 is 0.829 bits per heavy atom. The summed E-state index contributed by atoms with van der Waals surface area (Å²) >= 11 is 0. The average molecular weight is 1190 g/mol. The van der Waals surface area contributed by atoms with Crippen LogP contribution < -0.4 is 10.0 Å². The molecule has 3 aliphatic heterocycles. The van der Waals surface area contributed by atoms with Gasteiger partial charge in [-0.1, -0.05) is 71.1 Å². The number of methoxy groups -OCH3 is 3. The van der Waals surface area contributed by atoms with E-state index >= 15 is 0 Å². The lowest BCUT2D eigenvalue weighted by molar-refractivity contribution is -0.265. The molecule has 5 rings (SSSR count). The van der Waals surface area contributed by atoms with Gasteiger partial charge in [0.05, 0.1) is 18.3 Å². The SMILES string of the molecule is CO[C@H]1C[C@@H]2CC[C@@H](C)[C@@](O)(O2)C(=O)C(=O)N2CCCC[C@H]2C(=O)O[C@H]([C@H](C)C[C@H]2CC[C@@H](OC(=O)Oc3ccc(P(=O)(O)CP(=O)(O)O)cc3)[C@H](OC)C2)CC(=O)[C@H](C)/C=C(\C)[C@@H](O)[C@@H](OC)C(=O)[C@H](C)C[C@H](C)\C=C/C=C/C=C/1C. The zero-order valence-corrected chi connectivity index (χ0v) is 50.7. The number of cyclic esters (lactones) is 1. The third-order valence-corrected chi connectivity index (χ3v) is 20.6. The number of ether oxygens (including phenoxy) is 7. The number of hydrogen-bond donors (Lipinski definition) is 5. The topological polar surface area (TPSA) is 306 Å². The number of esters is 1. The Morgan fingerprint density at radius 2 is 1.52 bits per heavy atom. The Hall–Kier alpha value is -4.50. The van der Waals surface area contributed by atoms with Crippen LogP contribution in [0.3, 0.4) is 0 Å². The lowest BCUT2D eigenvalue weighted by Gasteiger charge is -2.42. The van der Waals surface area contributed by atoms with Gasteiger partial charge in [-0.25, -0.2) is 9.59 Å². The number of aliphatic hydroxyl groups is 2. The second-order valence-electron chi connectivity index (χ2n) is 23.0. The first-order valence-electron chi connectivity index (χ1n) is 28.4. The van der Waals surface area contributed by atoms with Gasteiger partial charge in [0.25, 0.3) is 11.7 Å². The fourth-order valence-electron chi connectivity index (χ4n) is 11.6. The van der Waals surface area contributed by atoms with Gasteiger partial charge in [0.2, 0.25) is 13.2 Å². The van der Waals surface area contributed by atoms with Crippen LogP contribution in [0.2, 0.25) is 0 Å². The number of fused-ring (bicyclic) bond motifs is 3. The Bertz CT molecular complexity index is 2610. The van der Waals surface area contributed by atoms with Crippen molar-refractivity contribution in [1.29, 1.82) is 0 Å². The molecular formula is C59H87NO20P2. The van der Waals surface area contributed by atoms with Crippen LogP contribution in [0.25, 0.3) is 0 Å². The minimum absolute atomic E-state index is 0.0141. The molecule has 0 aromatic heterocycles. The first-order chi connectivity index (χ1) is 38.5. The highest BCUT2D eigenvalue weighted by atomic mass is 31.2. The highest BCUT2D eigenvalue weighted by Crippen LogP contribution is 2.54. The van der Waals surface area contributed by atoms with Crippen LogP contribution in [-0.2, 0) is 61.5 Å². The van der Waals surface area contributed by atoms with Crippen molar-refractivity contribution in [3.8, 4) is 5.75 Å². The summed E-state index contributed by atoms with van der Waals surface area (Å²) in [6.45, 7) is 12.4. The van der Waals surface area contributed by atoms with E-state index in [4.69, 9.17) is 33.2 Å². The third-order valence-electron chi connectivity index (χ3n) is 16.5. The van der Waals surface area contributed by atoms with Crippen molar-refractivity contribution in [2.75, 3.05) is 33.8 Å². The summed E-state index contributed by atoms with van der Waals surface area (Å²) in [6.07, 6.45) is 7.66. The molecule has 5 N–H and O–H groups in total. The van der Waals surface area contributed by atoms with E-state index in [2.05, 4.69) is 0 Å². The molecule has 0 spiro atoms. The van der Waals surface area contributed by atoms with Gasteiger partial charge in [0.1, 0.15) is 47.9 Å². The van der Waals surface area contributed by atoms with Crippen molar-refractivity contribution >= 4 is 55.7 Å². The number of amides is 1. The number of carbonyl (C=O) groups is 6. The molecule has 3 fully saturated rings. The minimum atomic E-state index is -4.82. The predicted octanol–water partition coefficient (Wildman–Crippen LogP) is 7.43. The van der Waals surface area contributed by atoms with Gasteiger partial charge in [-0.3, -0.25) is 28.3 Å². The van der Waals surface area contributed by atoms with Gasteiger partial charge in [-0.05, 0) is 131 Å². The molecule has 82 heavy (non-hydrogen) atoms. The zero-order chi connectivity index (χ0) is 60.9. The number of Topliss-reactive ketones (excluding diaryl/α,β-unsaturated/α-hetero) is 3. The monoisotopic (exact) mass is 1190 g/mol. The maximum Gasteiger partial charge on any atom is 0.514 e. The molecule has 1 aromatic rings. The predicted molar refractivity (Wildman–Crippen MR) is 303 cm³/mol. The van der Waals surface area contributed by atoms with Gasteiger partial charge in [0, 0.05) is 63.8 Å². The molecule has 1 aliphatic carbocycles. The molecule has 1 saturated carbocycles. The van der Waals surface area contributed by atoms with Gasteiger partial charge < -0.3 is 63.0 Å². The molecule has 4 aliphatic rings. The molecule has 1 amide bonds. The number of hydrogen-bond acceptors (Lipinski definition) is 17. The van der Waals surface area contributed by atoms with Crippen LogP contribution in [0.1, 0.15) is 126 Å². The lowest BCUT2D eigenvalue weighted by Crippen LogP contribution is -2.61. The van der Waals surface area contributed by atoms with Crippen LogP contribution in [0.5, 0.6) is 5.75 Å². The molecule has 3 heterocycles. The summed E-state index contributed by atoms with van der Waals surface area (Å²) in [6, 6.07) is 3.38. The average Bonchev–Trinajstić information content (AvgIpc) is 3.37. The molecule has 2 saturated heterocycles. The molecular weight excluding hydrogens is 1100 g/mol. The first kappa shape index (κ1) is 68.3.